The number of nitriles is 1. The summed E-state index contributed by atoms with van der Waals surface area (Å²) in [6.07, 6.45) is 2.09. The Hall–Kier alpha value is -3.74. The number of rotatable bonds is 6. The quantitative estimate of drug-likeness (QED) is 0.336. The number of hydrogen-bond donors (Lipinski definition) is 1. The molecular weight excluding hydrogens is 428 g/mol. The van der Waals surface area contributed by atoms with E-state index in [0.29, 0.717) is 10.6 Å². The van der Waals surface area contributed by atoms with E-state index in [1.807, 2.05) is 18.2 Å². The van der Waals surface area contributed by atoms with Gasteiger partial charge in [-0.3, -0.25) is 15.0 Å². The van der Waals surface area contributed by atoms with Crippen LogP contribution in [-0.4, -0.2) is 34.8 Å². The van der Waals surface area contributed by atoms with Crippen LogP contribution in [0.3, 0.4) is 0 Å². The van der Waals surface area contributed by atoms with E-state index in [2.05, 4.69) is 28.1 Å². The van der Waals surface area contributed by atoms with E-state index in [9.17, 15) is 20.5 Å². The lowest BCUT2D eigenvalue weighted by Crippen LogP contribution is -2.29. The summed E-state index contributed by atoms with van der Waals surface area (Å²) >= 11 is 1.44. The Balaban J connectivity index is 1.61. The first-order valence-electron chi connectivity index (χ1n) is 9.90. The molecule has 0 unspecified atom stereocenters. The molecule has 2 heterocycles. The molecule has 0 bridgehead atoms. The Labute approximate surface area is 188 Å². The fraction of sp³-hybridized carbons (Fsp3) is 0.217. The number of methoxy groups -OCH3 is 1. The van der Waals surface area contributed by atoms with Crippen LogP contribution in [0.5, 0.6) is 11.5 Å². The standard InChI is InChI=1S/C23H20N4O4S/c1-31-20-10-17(27(29)30)9-16(22(20)28)12-25-23-19(11-24)18-7-8-26(14-21(18)32-23)13-15-5-3-2-4-6-15/h2-6,9-10,12,28H,7-8,13-14H2,1H3. The monoisotopic (exact) mass is 448 g/mol. The molecule has 0 saturated heterocycles. The van der Waals surface area contributed by atoms with Crippen LogP contribution in [-0.2, 0) is 19.5 Å². The van der Waals surface area contributed by atoms with Gasteiger partial charge in [-0.15, -0.1) is 11.3 Å². The molecule has 1 aliphatic heterocycles. The topological polar surface area (TPSA) is 112 Å². The average molecular weight is 449 g/mol. The highest BCUT2D eigenvalue weighted by Gasteiger charge is 2.24. The molecule has 0 fully saturated rings. The van der Waals surface area contributed by atoms with Crippen molar-refractivity contribution in [2.24, 2.45) is 4.99 Å². The van der Waals surface area contributed by atoms with Crippen molar-refractivity contribution in [1.29, 1.82) is 5.26 Å². The molecule has 1 aromatic heterocycles. The Kier molecular flexibility index (Phi) is 6.16. The number of hydrogen-bond acceptors (Lipinski definition) is 8. The maximum absolute atomic E-state index is 11.2. The van der Waals surface area contributed by atoms with E-state index in [1.165, 1.54) is 36.3 Å². The highest BCUT2D eigenvalue weighted by Crippen LogP contribution is 2.39. The number of phenolic OH excluding ortho intramolecular Hbond substituents is 1. The summed E-state index contributed by atoms with van der Waals surface area (Å²) in [5, 5.41) is 31.8. The highest BCUT2D eigenvalue weighted by atomic mass is 32.1. The zero-order chi connectivity index (χ0) is 22.7. The molecule has 162 valence electrons. The molecule has 8 nitrogen and oxygen atoms in total. The largest absolute Gasteiger partial charge is 0.504 e. The van der Waals surface area contributed by atoms with Gasteiger partial charge in [-0.25, -0.2) is 4.99 Å². The average Bonchev–Trinajstić information content (AvgIpc) is 3.15. The molecule has 4 rings (SSSR count). The van der Waals surface area contributed by atoms with Crippen LogP contribution in [0.15, 0.2) is 47.5 Å². The molecular formula is C23H20N4O4S. The second-order valence-electron chi connectivity index (χ2n) is 7.34. The van der Waals surface area contributed by atoms with Crippen molar-refractivity contribution in [1.82, 2.24) is 4.90 Å². The van der Waals surface area contributed by atoms with Crippen molar-refractivity contribution in [3.05, 3.63) is 79.7 Å². The van der Waals surface area contributed by atoms with Crippen molar-refractivity contribution in [2.45, 2.75) is 19.5 Å². The Morgan fingerprint density at radius 3 is 2.84 bits per heavy atom. The smallest absolute Gasteiger partial charge is 0.274 e. The fourth-order valence-electron chi connectivity index (χ4n) is 3.73. The number of thiophene rings is 1. The molecule has 0 saturated carbocycles. The number of ether oxygens (including phenoxy) is 1. The SMILES string of the molecule is COc1cc([N+](=O)[O-])cc(C=Nc2sc3c(c2C#N)CCN(Cc2ccccc2)C3)c1O. The summed E-state index contributed by atoms with van der Waals surface area (Å²) in [4.78, 5) is 18.5. The Morgan fingerprint density at radius 1 is 1.38 bits per heavy atom. The predicted octanol–water partition coefficient (Wildman–Crippen LogP) is 4.55. The van der Waals surface area contributed by atoms with E-state index in [0.717, 1.165) is 42.6 Å². The molecule has 32 heavy (non-hydrogen) atoms. The van der Waals surface area contributed by atoms with Gasteiger partial charge in [0, 0.05) is 42.4 Å². The second-order valence-corrected chi connectivity index (χ2v) is 8.43. The van der Waals surface area contributed by atoms with Gasteiger partial charge >= 0.3 is 0 Å². The molecule has 9 heteroatoms. The molecule has 0 spiro atoms. The van der Waals surface area contributed by atoms with Gasteiger partial charge in [-0.2, -0.15) is 5.26 Å². The first-order valence-corrected chi connectivity index (χ1v) is 10.7. The predicted molar refractivity (Wildman–Crippen MR) is 122 cm³/mol. The molecule has 0 radical (unpaired) electrons. The maximum Gasteiger partial charge on any atom is 0.274 e. The van der Waals surface area contributed by atoms with Gasteiger partial charge in [0.25, 0.3) is 5.69 Å². The first-order chi connectivity index (χ1) is 15.5. The minimum absolute atomic E-state index is 0.0109. The zero-order valence-electron chi connectivity index (χ0n) is 17.3. The van der Waals surface area contributed by atoms with Crippen molar-refractivity contribution in [2.75, 3.05) is 13.7 Å². The summed E-state index contributed by atoms with van der Waals surface area (Å²) < 4.78 is 5.03. The number of nitro benzene ring substituents is 1. The van der Waals surface area contributed by atoms with Crippen molar-refractivity contribution < 1.29 is 14.8 Å². The van der Waals surface area contributed by atoms with Gasteiger partial charge < -0.3 is 9.84 Å². The van der Waals surface area contributed by atoms with Crippen molar-refractivity contribution in [3.8, 4) is 17.6 Å². The third-order valence-electron chi connectivity index (χ3n) is 5.32. The summed E-state index contributed by atoms with van der Waals surface area (Å²) in [7, 11) is 1.32. The van der Waals surface area contributed by atoms with Gasteiger partial charge in [-0.1, -0.05) is 30.3 Å². The minimum atomic E-state index is -0.564. The van der Waals surface area contributed by atoms with Crippen LogP contribution in [0.1, 0.15) is 27.1 Å². The van der Waals surface area contributed by atoms with Crippen molar-refractivity contribution in [3.63, 3.8) is 0 Å². The zero-order valence-corrected chi connectivity index (χ0v) is 18.1. The van der Waals surface area contributed by atoms with Crippen molar-refractivity contribution >= 4 is 28.2 Å². The third-order valence-corrected chi connectivity index (χ3v) is 6.44. The number of fused-ring (bicyclic) bond motifs is 1. The van der Waals surface area contributed by atoms with Gasteiger partial charge in [0.2, 0.25) is 0 Å². The van der Waals surface area contributed by atoms with E-state index in [-0.39, 0.29) is 22.7 Å². The van der Waals surface area contributed by atoms with Crippen LogP contribution in [0, 0.1) is 21.4 Å². The van der Waals surface area contributed by atoms with E-state index < -0.39 is 4.92 Å². The van der Waals surface area contributed by atoms with Crippen LogP contribution in [0.25, 0.3) is 0 Å². The Bertz CT molecular complexity index is 1230. The highest BCUT2D eigenvalue weighted by molar-refractivity contribution is 7.16. The lowest BCUT2D eigenvalue weighted by Gasteiger charge is -2.26. The number of aliphatic imine (C=N–C) groups is 1. The number of aromatic hydroxyl groups is 1. The first kappa shape index (κ1) is 21.5. The second kappa shape index (κ2) is 9.18. The summed E-state index contributed by atoms with van der Waals surface area (Å²) in [6.45, 7) is 2.41. The summed E-state index contributed by atoms with van der Waals surface area (Å²) in [6, 6.07) is 14.9. The molecule has 1 aliphatic rings. The molecule has 2 aromatic carbocycles. The van der Waals surface area contributed by atoms with E-state index >= 15 is 0 Å². The third kappa shape index (κ3) is 4.32. The van der Waals surface area contributed by atoms with Crippen LogP contribution < -0.4 is 4.74 Å². The van der Waals surface area contributed by atoms with Crippen LogP contribution in [0.2, 0.25) is 0 Å². The van der Waals surface area contributed by atoms with E-state index in [1.54, 1.807) is 0 Å². The van der Waals surface area contributed by atoms with Gasteiger partial charge in [-0.05, 0) is 17.5 Å². The maximum atomic E-state index is 11.2. The molecule has 1 N–H and O–H groups in total. The fourth-order valence-corrected chi connectivity index (χ4v) is 4.91. The number of benzene rings is 2. The number of nitro groups is 1. The van der Waals surface area contributed by atoms with Gasteiger partial charge in [0.05, 0.1) is 23.7 Å². The number of phenols is 1. The molecule has 0 aliphatic carbocycles. The van der Waals surface area contributed by atoms with E-state index in [4.69, 9.17) is 4.74 Å². The van der Waals surface area contributed by atoms with Crippen LogP contribution in [0.4, 0.5) is 10.7 Å². The molecule has 0 atom stereocenters. The number of non-ortho nitro benzene ring substituents is 1. The van der Waals surface area contributed by atoms with Crippen LogP contribution >= 0.6 is 11.3 Å². The Morgan fingerprint density at radius 2 is 2.16 bits per heavy atom. The molecule has 3 aromatic rings. The van der Waals surface area contributed by atoms with Gasteiger partial charge in [0.15, 0.2) is 11.5 Å². The lowest BCUT2D eigenvalue weighted by atomic mass is 10.0. The lowest BCUT2D eigenvalue weighted by molar-refractivity contribution is -0.385. The normalized spacial score (nSPS) is 13.6. The summed E-state index contributed by atoms with van der Waals surface area (Å²) in [5.41, 5.74) is 2.70. The summed E-state index contributed by atoms with van der Waals surface area (Å²) in [5.74, 6) is -0.251. The molecule has 0 amide bonds. The van der Waals surface area contributed by atoms with Gasteiger partial charge in [0.1, 0.15) is 11.1 Å². The minimum Gasteiger partial charge on any atom is -0.504 e. The number of nitrogens with zero attached hydrogens (tertiary/aromatic N) is 4.